The Hall–Kier alpha value is -0.423. The summed E-state index contributed by atoms with van der Waals surface area (Å²) in [5, 5.41) is 0. The molecule has 0 amide bonds. The largest absolute Gasteiger partial charge is 0.500 e. The summed E-state index contributed by atoms with van der Waals surface area (Å²) in [6, 6.07) is 0. The van der Waals surface area contributed by atoms with E-state index in [-0.39, 0.29) is 0 Å². The van der Waals surface area contributed by atoms with Gasteiger partial charge in [-0.15, -0.1) is 0 Å². The van der Waals surface area contributed by atoms with E-state index in [0.29, 0.717) is 16.6 Å². The second-order valence-corrected chi connectivity index (χ2v) is 10.1. The van der Waals surface area contributed by atoms with Crippen LogP contribution in [0.3, 0.4) is 0 Å². The molecule has 0 atom stereocenters. The highest BCUT2D eigenvalue weighted by atomic mass is 28.4. The van der Waals surface area contributed by atoms with Crippen molar-refractivity contribution in [1.29, 1.82) is 0 Å². The van der Waals surface area contributed by atoms with E-state index in [1.807, 2.05) is 6.92 Å². The molecule has 0 rings (SSSR count). The van der Waals surface area contributed by atoms with Crippen molar-refractivity contribution in [3.05, 3.63) is 0 Å². The zero-order valence-electron chi connectivity index (χ0n) is 10.6. The standard InChI is InChI=1S/C12H24OSi/c1-8-9-13-14(10(2)3,11(4)5)12(6)7/h10-12H,1-7H3. The van der Waals surface area contributed by atoms with E-state index in [4.69, 9.17) is 4.43 Å². The molecule has 0 spiro atoms. The predicted molar refractivity (Wildman–Crippen MR) is 65.6 cm³/mol. The molecule has 0 N–H and O–H groups in total. The predicted octanol–water partition coefficient (Wildman–Crippen LogP) is 4.16. The van der Waals surface area contributed by atoms with Crippen LogP contribution in [0.5, 0.6) is 0 Å². The zero-order valence-corrected chi connectivity index (χ0v) is 11.6. The van der Waals surface area contributed by atoms with Crippen molar-refractivity contribution < 1.29 is 4.43 Å². The van der Waals surface area contributed by atoms with Crippen LogP contribution in [-0.4, -0.2) is 8.32 Å². The summed E-state index contributed by atoms with van der Waals surface area (Å²) in [5.41, 5.74) is 1.84. The lowest BCUT2D eigenvalue weighted by Crippen LogP contribution is -2.46. The quantitative estimate of drug-likeness (QED) is 0.502. The van der Waals surface area contributed by atoms with Gasteiger partial charge in [-0.3, -0.25) is 0 Å². The van der Waals surface area contributed by atoms with Crippen LogP contribution in [0.2, 0.25) is 16.6 Å². The smallest absolute Gasteiger partial charge is 0.272 e. The Morgan fingerprint density at radius 1 is 0.857 bits per heavy atom. The first-order valence-corrected chi connectivity index (χ1v) is 7.63. The number of hydrogen-bond donors (Lipinski definition) is 0. The molecule has 0 unspecified atom stereocenters. The molecule has 0 heterocycles. The molecule has 0 aromatic rings. The number of hydrogen-bond acceptors (Lipinski definition) is 1. The van der Waals surface area contributed by atoms with Crippen LogP contribution in [0.15, 0.2) is 0 Å². The summed E-state index contributed by atoms with van der Waals surface area (Å²) in [7, 11) is -1.72. The Kier molecular flexibility index (Phi) is 5.29. The van der Waals surface area contributed by atoms with E-state index in [1.54, 1.807) is 0 Å². The third-order valence-corrected chi connectivity index (χ3v) is 8.91. The molecule has 0 aromatic heterocycles. The fraction of sp³-hybridized carbons (Fsp3) is 0.833. The molecule has 14 heavy (non-hydrogen) atoms. The molecular weight excluding hydrogens is 188 g/mol. The summed E-state index contributed by atoms with van der Waals surface area (Å²) >= 11 is 0. The normalized spacial score (nSPS) is 11.9. The van der Waals surface area contributed by atoms with Crippen LogP contribution in [0.25, 0.3) is 0 Å². The van der Waals surface area contributed by atoms with E-state index >= 15 is 0 Å². The molecule has 0 saturated carbocycles. The third-order valence-electron chi connectivity index (χ3n) is 3.04. The lowest BCUT2D eigenvalue weighted by atomic mass is 10.5. The second kappa shape index (κ2) is 5.46. The van der Waals surface area contributed by atoms with Gasteiger partial charge in [0.25, 0.3) is 8.32 Å². The van der Waals surface area contributed by atoms with E-state index < -0.39 is 8.32 Å². The Balaban J connectivity index is 5.01. The highest BCUT2D eigenvalue weighted by Crippen LogP contribution is 2.41. The first-order valence-electron chi connectivity index (χ1n) is 5.49. The van der Waals surface area contributed by atoms with Crippen molar-refractivity contribution >= 4 is 8.32 Å². The topological polar surface area (TPSA) is 9.23 Å². The summed E-state index contributed by atoms with van der Waals surface area (Å²) in [6.45, 7) is 15.4. The summed E-state index contributed by atoms with van der Waals surface area (Å²) < 4.78 is 5.94. The molecule has 1 nitrogen and oxygen atoms in total. The highest BCUT2D eigenvalue weighted by molar-refractivity contribution is 6.77. The summed E-state index contributed by atoms with van der Waals surface area (Å²) in [4.78, 5) is 0. The van der Waals surface area contributed by atoms with Gasteiger partial charge in [-0.25, -0.2) is 0 Å². The van der Waals surface area contributed by atoms with Gasteiger partial charge in [-0.1, -0.05) is 47.5 Å². The maximum Gasteiger partial charge on any atom is 0.272 e. The maximum absolute atomic E-state index is 5.94. The van der Waals surface area contributed by atoms with Crippen molar-refractivity contribution in [2.45, 2.75) is 65.1 Å². The number of rotatable bonds is 4. The van der Waals surface area contributed by atoms with E-state index in [2.05, 4.69) is 53.6 Å². The van der Waals surface area contributed by atoms with Gasteiger partial charge in [-0.2, -0.15) is 0 Å². The van der Waals surface area contributed by atoms with E-state index in [9.17, 15) is 0 Å². The average Bonchev–Trinajstić information content (AvgIpc) is 2.03. The summed E-state index contributed by atoms with van der Waals surface area (Å²) in [6.07, 6.45) is 2.84. The molecule has 82 valence electrons. The van der Waals surface area contributed by atoms with Gasteiger partial charge < -0.3 is 4.43 Å². The van der Waals surface area contributed by atoms with Gasteiger partial charge in [0.2, 0.25) is 0 Å². The van der Waals surface area contributed by atoms with Crippen molar-refractivity contribution in [1.82, 2.24) is 0 Å². The van der Waals surface area contributed by atoms with Gasteiger partial charge >= 0.3 is 0 Å². The van der Waals surface area contributed by atoms with Crippen LogP contribution in [0.4, 0.5) is 0 Å². The lowest BCUT2D eigenvalue weighted by Gasteiger charge is -2.39. The minimum Gasteiger partial charge on any atom is -0.500 e. The monoisotopic (exact) mass is 212 g/mol. The third kappa shape index (κ3) is 2.54. The van der Waals surface area contributed by atoms with Crippen molar-refractivity contribution in [2.24, 2.45) is 0 Å². The minimum atomic E-state index is -1.72. The SMILES string of the molecule is CC#CO[Si](C(C)C)(C(C)C)C(C)C. The molecule has 0 saturated heterocycles. The molecule has 0 radical (unpaired) electrons. The van der Waals surface area contributed by atoms with Gasteiger partial charge in [0.05, 0.1) is 6.11 Å². The Bertz CT molecular complexity index is 198. The van der Waals surface area contributed by atoms with E-state index in [1.165, 1.54) is 0 Å². The van der Waals surface area contributed by atoms with Crippen LogP contribution >= 0.6 is 0 Å². The molecule has 0 aliphatic carbocycles. The average molecular weight is 212 g/mol. The first kappa shape index (κ1) is 13.6. The zero-order chi connectivity index (χ0) is 11.4. The molecule has 0 aliphatic heterocycles. The molecule has 0 bridgehead atoms. The van der Waals surface area contributed by atoms with Crippen LogP contribution < -0.4 is 0 Å². The van der Waals surface area contributed by atoms with Gasteiger partial charge in [0.15, 0.2) is 0 Å². The lowest BCUT2D eigenvalue weighted by molar-refractivity contribution is 0.447. The van der Waals surface area contributed by atoms with Gasteiger partial charge in [-0.05, 0) is 16.6 Å². The van der Waals surface area contributed by atoms with Crippen molar-refractivity contribution in [3.63, 3.8) is 0 Å². The fourth-order valence-electron chi connectivity index (χ4n) is 2.49. The van der Waals surface area contributed by atoms with Gasteiger partial charge in [0.1, 0.15) is 0 Å². The van der Waals surface area contributed by atoms with Gasteiger partial charge in [0, 0.05) is 6.92 Å². The van der Waals surface area contributed by atoms with Crippen LogP contribution in [0.1, 0.15) is 48.5 Å². The molecule has 0 aliphatic rings. The Morgan fingerprint density at radius 2 is 1.21 bits per heavy atom. The first-order chi connectivity index (χ1) is 6.39. The Morgan fingerprint density at radius 3 is 1.43 bits per heavy atom. The maximum atomic E-state index is 5.94. The van der Waals surface area contributed by atoms with Crippen molar-refractivity contribution in [2.75, 3.05) is 0 Å². The fourth-order valence-corrected chi connectivity index (χ4v) is 7.48. The summed E-state index contributed by atoms with van der Waals surface area (Å²) in [5.74, 6) is 2.85. The van der Waals surface area contributed by atoms with Crippen LogP contribution in [-0.2, 0) is 4.43 Å². The van der Waals surface area contributed by atoms with Crippen LogP contribution in [0, 0.1) is 12.0 Å². The van der Waals surface area contributed by atoms with E-state index in [0.717, 1.165) is 0 Å². The molecule has 2 heteroatoms. The minimum absolute atomic E-state index is 0.614. The second-order valence-electron chi connectivity index (χ2n) is 4.77. The highest BCUT2D eigenvalue weighted by Gasteiger charge is 2.46. The van der Waals surface area contributed by atoms with Crippen molar-refractivity contribution in [3.8, 4) is 12.0 Å². The molecule has 0 aromatic carbocycles. The Labute approximate surface area is 90.4 Å². The molecular formula is C12H24OSi. The molecule has 0 fully saturated rings.